The number of hydrogen-bond acceptors (Lipinski definition) is 2. The van der Waals surface area contributed by atoms with E-state index in [9.17, 15) is 0 Å². The van der Waals surface area contributed by atoms with Crippen molar-refractivity contribution in [2.75, 3.05) is 0 Å². The Morgan fingerprint density at radius 3 is 3.09 bits per heavy atom. The van der Waals surface area contributed by atoms with Crippen molar-refractivity contribution in [1.29, 1.82) is 0 Å². The molecular formula is C8H6NSV-. The van der Waals surface area contributed by atoms with Crippen LogP contribution in [0.1, 0.15) is 5.56 Å². The minimum Gasteiger partial charge on any atom is -0.272 e. The summed E-state index contributed by atoms with van der Waals surface area (Å²) < 4.78 is 1.25. The zero-order chi connectivity index (χ0) is 6.97. The van der Waals surface area contributed by atoms with E-state index in [0.717, 1.165) is 5.52 Å². The average Bonchev–Trinajstić information content (AvgIpc) is 2.36. The molecule has 0 unspecified atom stereocenters. The molecule has 0 bridgehead atoms. The third-order valence-corrected chi connectivity index (χ3v) is 2.44. The molecule has 1 heterocycles. The second-order valence-electron chi connectivity index (χ2n) is 2.17. The van der Waals surface area contributed by atoms with Crippen molar-refractivity contribution in [2.45, 2.75) is 6.92 Å². The van der Waals surface area contributed by atoms with Gasteiger partial charge in [-0.05, 0) is 5.52 Å². The van der Waals surface area contributed by atoms with Crippen LogP contribution in [0.2, 0.25) is 0 Å². The number of hydrogen-bond donors (Lipinski definition) is 0. The molecule has 0 saturated heterocycles. The summed E-state index contributed by atoms with van der Waals surface area (Å²) in [6.07, 6.45) is 0. The smallest absolute Gasteiger partial charge is 0.0657 e. The van der Waals surface area contributed by atoms with E-state index < -0.39 is 0 Å². The Labute approximate surface area is 81.3 Å². The molecule has 0 aliphatic heterocycles. The fourth-order valence-corrected chi connectivity index (χ4v) is 1.71. The Balaban J connectivity index is 0.000000605. The molecule has 11 heavy (non-hydrogen) atoms. The summed E-state index contributed by atoms with van der Waals surface area (Å²) in [5.74, 6) is 0. The Morgan fingerprint density at radius 1 is 1.55 bits per heavy atom. The van der Waals surface area contributed by atoms with E-state index in [2.05, 4.69) is 18.0 Å². The Bertz CT molecular complexity index is 356. The van der Waals surface area contributed by atoms with E-state index in [1.807, 2.05) is 17.6 Å². The fraction of sp³-hybridized carbons (Fsp3) is 0.125. The van der Waals surface area contributed by atoms with Crippen molar-refractivity contribution >= 4 is 21.6 Å². The number of aromatic nitrogens is 1. The third kappa shape index (κ3) is 1.48. The van der Waals surface area contributed by atoms with Crippen LogP contribution < -0.4 is 0 Å². The molecule has 1 aromatic heterocycles. The maximum Gasteiger partial charge on any atom is 0.0657 e. The average molecular weight is 199 g/mol. The predicted octanol–water partition coefficient (Wildman–Crippen LogP) is 2.40. The number of rotatable bonds is 0. The van der Waals surface area contributed by atoms with Gasteiger partial charge in [0.2, 0.25) is 0 Å². The zero-order valence-corrected chi connectivity index (χ0v) is 8.25. The van der Waals surface area contributed by atoms with Crippen LogP contribution in [-0.2, 0) is 18.6 Å². The van der Waals surface area contributed by atoms with Crippen molar-refractivity contribution in [2.24, 2.45) is 0 Å². The van der Waals surface area contributed by atoms with Crippen molar-refractivity contribution in [1.82, 2.24) is 4.98 Å². The summed E-state index contributed by atoms with van der Waals surface area (Å²) in [4.78, 5) is 4.18. The molecule has 2 aromatic rings. The Kier molecular flexibility index (Phi) is 2.71. The van der Waals surface area contributed by atoms with E-state index in [4.69, 9.17) is 0 Å². The van der Waals surface area contributed by atoms with Gasteiger partial charge < -0.3 is 0 Å². The second kappa shape index (κ2) is 3.39. The fourth-order valence-electron chi connectivity index (χ4n) is 0.965. The van der Waals surface area contributed by atoms with Crippen LogP contribution in [0.25, 0.3) is 10.2 Å². The zero-order valence-electron chi connectivity index (χ0n) is 6.03. The molecule has 0 spiro atoms. The van der Waals surface area contributed by atoms with Gasteiger partial charge in [0, 0.05) is 18.6 Å². The first-order valence-electron chi connectivity index (χ1n) is 3.08. The summed E-state index contributed by atoms with van der Waals surface area (Å²) in [5, 5.41) is 0. The standard InChI is InChI=1S/C8H6NS.V/c1-6-3-2-4-7-8(6)10-5-9-7;/h2,4-5H,1H3;/q-1;. The van der Waals surface area contributed by atoms with Gasteiger partial charge in [-0.3, -0.25) is 4.98 Å². The van der Waals surface area contributed by atoms with Gasteiger partial charge in [-0.25, -0.2) is 0 Å². The number of nitrogens with zero attached hydrogens (tertiary/aromatic N) is 1. The van der Waals surface area contributed by atoms with E-state index in [0.29, 0.717) is 0 Å². The number of thiazole rings is 1. The van der Waals surface area contributed by atoms with Crippen LogP contribution in [0.4, 0.5) is 0 Å². The molecule has 0 aliphatic carbocycles. The van der Waals surface area contributed by atoms with Crippen LogP contribution in [0.5, 0.6) is 0 Å². The minimum absolute atomic E-state index is 0. The Hall–Kier alpha value is -0.306. The maximum atomic E-state index is 4.18. The summed E-state index contributed by atoms with van der Waals surface area (Å²) >= 11 is 1.67. The van der Waals surface area contributed by atoms with Crippen molar-refractivity contribution in [3.63, 3.8) is 0 Å². The molecule has 0 fully saturated rings. The van der Waals surface area contributed by atoms with Gasteiger partial charge in [-0.15, -0.1) is 11.6 Å². The number of aryl methyl sites for hydroxylation is 1. The maximum absolute atomic E-state index is 4.18. The molecule has 0 N–H and O–H groups in total. The van der Waals surface area contributed by atoms with E-state index in [1.165, 1.54) is 10.3 Å². The summed E-state index contributed by atoms with van der Waals surface area (Å²) in [6, 6.07) is 7.03. The molecule has 2 rings (SSSR count). The van der Waals surface area contributed by atoms with E-state index in [1.54, 1.807) is 11.3 Å². The summed E-state index contributed by atoms with van der Waals surface area (Å²) in [7, 11) is 0. The molecule has 0 atom stereocenters. The van der Waals surface area contributed by atoms with Crippen LogP contribution in [0, 0.1) is 13.0 Å². The first-order chi connectivity index (χ1) is 4.88. The van der Waals surface area contributed by atoms with Gasteiger partial charge in [0.25, 0.3) is 0 Å². The van der Waals surface area contributed by atoms with E-state index in [-0.39, 0.29) is 18.6 Å². The SMILES string of the molecule is Cc1[c-]ccc2ncsc12.[V]. The largest absolute Gasteiger partial charge is 0.272 e. The van der Waals surface area contributed by atoms with Crippen molar-refractivity contribution in [3.8, 4) is 0 Å². The number of benzene rings is 1. The van der Waals surface area contributed by atoms with Crippen LogP contribution in [0.15, 0.2) is 17.6 Å². The van der Waals surface area contributed by atoms with Crippen molar-refractivity contribution < 1.29 is 18.6 Å². The summed E-state index contributed by atoms with van der Waals surface area (Å²) in [5.41, 5.74) is 4.15. The van der Waals surface area contributed by atoms with Gasteiger partial charge in [-0.2, -0.15) is 23.5 Å². The molecule has 1 aromatic carbocycles. The summed E-state index contributed by atoms with van der Waals surface area (Å²) in [6.45, 7) is 2.06. The van der Waals surface area contributed by atoms with Crippen LogP contribution >= 0.6 is 11.3 Å². The predicted molar refractivity (Wildman–Crippen MR) is 43.2 cm³/mol. The van der Waals surface area contributed by atoms with Crippen LogP contribution in [0.3, 0.4) is 0 Å². The van der Waals surface area contributed by atoms with Gasteiger partial charge in [-0.1, -0.05) is 11.6 Å². The first-order valence-corrected chi connectivity index (χ1v) is 3.96. The molecule has 0 aliphatic rings. The third-order valence-electron chi connectivity index (χ3n) is 1.48. The second-order valence-corrected chi connectivity index (χ2v) is 3.02. The van der Waals surface area contributed by atoms with Gasteiger partial charge >= 0.3 is 0 Å². The van der Waals surface area contributed by atoms with Crippen molar-refractivity contribution in [3.05, 3.63) is 29.3 Å². The van der Waals surface area contributed by atoms with Crippen LogP contribution in [-0.4, -0.2) is 4.98 Å². The van der Waals surface area contributed by atoms with Gasteiger partial charge in [0.15, 0.2) is 0 Å². The topological polar surface area (TPSA) is 12.9 Å². The molecule has 3 heteroatoms. The monoisotopic (exact) mass is 199 g/mol. The molecule has 1 radical (unpaired) electrons. The number of fused-ring (bicyclic) bond motifs is 1. The van der Waals surface area contributed by atoms with Gasteiger partial charge in [0.1, 0.15) is 0 Å². The minimum atomic E-state index is 0. The first kappa shape index (κ1) is 8.79. The normalized spacial score (nSPS) is 9.55. The Morgan fingerprint density at radius 2 is 2.36 bits per heavy atom. The molecule has 0 amide bonds. The molecule has 0 saturated carbocycles. The molecule has 1 nitrogen and oxygen atoms in total. The van der Waals surface area contributed by atoms with Gasteiger partial charge in [0.05, 0.1) is 5.51 Å². The quantitative estimate of drug-likeness (QED) is 0.593. The molecule has 55 valence electrons. The molecular weight excluding hydrogens is 193 g/mol. The van der Waals surface area contributed by atoms with E-state index >= 15 is 0 Å².